The van der Waals surface area contributed by atoms with Crippen LogP contribution in [0.5, 0.6) is 0 Å². The fourth-order valence-corrected chi connectivity index (χ4v) is 4.03. The van der Waals surface area contributed by atoms with Gasteiger partial charge in [0.05, 0.1) is 5.75 Å². The van der Waals surface area contributed by atoms with E-state index in [1.165, 1.54) is 18.2 Å². The summed E-state index contributed by atoms with van der Waals surface area (Å²) in [6.07, 6.45) is 0. The Bertz CT molecular complexity index is 565. The minimum Gasteiger partial charge on any atom is -0.375 e. The lowest BCUT2D eigenvalue weighted by molar-refractivity contribution is -0.136. The number of hydrogen-bond donors (Lipinski definition) is 0. The first-order valence-electron chi connectivity index (χ1n) is 7.81. The molecule has 1 aromatic rings. The molecule has 0 spiro atoms. The number of ether oxygens (including phenoxy) is 1. The van der Waals surface area contributed by atoms with Crippen molar-refractivity contribution >= 4 is 23.6 Å². The van der Waals surface area contributed by atoms with E-state index in [1.54, 1.807) is 16.7 Å². The van der Waals surface area contributed by atoms with Crippen molar-refractivity contribution in [2.75, 3.05) is 39.1 Å². The summed E-state index contributed by atoms with van der Waals surface area (Å²) in [6, 6.07) is 8.15. The molecule has 6 heteroatoms. The van der Waals surface area contributed by atoms with Crippen LogP contribution in [0.1, 0.15) is 23.4 Å². The molecule has 0 bridgehead atoms. The first kappa shape index (κ1) is 17.8. The Labute approximate surface area is 142 Å². The zero-order valence-corrected chi connectivity index (χ0v) is 14.8. The predicted molar refractivity (Wildman–Crippen MR) is 92.2 cm³/mol. The molecule has 1 aliphatic rings. The normalized spacial score (nSPS) is 17.6. The van der Waals surface area contributed by atoms with Crippen LogP contribution in [0.4, 0.5) is 0 Å². The molecule has 1 atom stereocenters. The number of likely N-dealkylation sites (N-methyl/N-ethyl adjacent to an activating group) is 1. The molecule has 0 saturated carbocycles. The first-order valence-corrected chi connectivity index (χ1v) is 8.86. The van der Waals surface area contributed by atoms with E-state index in [2.05, 4.69) is 19.1 Å². The van der Waals surface area contributed by atoms with Crippen molar-refractivity contribution in [2.45, 2.75) is 19.2 Å². The Morgan fingerprint density at radius 1 is 1.43 bits per heavy atom. The molecule has 23 heavy (non-hydrogen) atoms. The second-order valence-electron chi connectivity index (χ2n) is 5.51. The van der Waals surface area contributed by atoms with Crippen LogP contribution in [0.3, 0.4) is 0 Å². The van der Waals surface area contributed by atoms with Gasteiger partial charge in [0.25, 0.3) is 0 Å². The molecule has 5 nitrogen and oxygen atoms in total. The Hall–Kier alpha value is -1.53. The lowest BCUT2D eigenvalue weighted by Crippen LogP contribution is -2.41. The van der Waals surface area contributed by atoms with Gasteiger partial charge in [-0.2, -0.15) is 0 Å². The van der Waals surface area contributed by atoms with E-state index in [4.69, 9.17) is 4.74 Å². The van der Waals surface area contributed by atoms with E-state index >= 15 is 0 Å². The number of rotatable bonds is 7. The summed E-state index contributed by atoms with van der Waals surface area (Å²) in [4.78, 5) is 27.8. The first-order chi connectivity index (χ1) is 11.1. The molecule has 1 aromatic carbocycles. The smallest absolute Gasteiger partial charge is 0.248 e. The average molecular weight is 336 g/mol. The standard InChI is InChI=1S/C17H24N2O3S/c1-4-18(15(20)11-22-3)9-10-19-16(21)12-23-17(19)14-8-6-5-7-13(14)2/h5-8,17H,4,9-12H2,1-3H3/t17-/m0/s1. The fourth-order valence-electron chi connectivity index (χ4n) is 2.72. The fraction of sp³-hybridized carbons (Fsp3) is 0.529. The second kappa shape index (κ2) is 8.36. The van der Waals surface area contributed by atoms with E-state index in [1.807, 2.05) is 24.0 Å². The summed E-state index contributed by atoms with van der Waals surface area (Å²) in [7, 11) is 1.51. The Balaban J connectivity index is 2.06. The lowest BCUT2D eigenvalue weighted by Gasteiger charge is -2.28. The van der Waals surface area contributed by atoms with Gasteiger partial charge >= 0.3 is 0 Å². The number of amides is 2. The maximum atomic E-state index is 12.2. The van der Waals surface area contributed by atoms with Gasteiger partial charge in [-0.15, -0.1) is 11.8 Å². The molecule has 0 N–H and O–H groups in total. The van der Waals surface area contributed by atoms with Crippen molar-refractivity contribution in [2.24, 2.45) is 0 Å². The van der Waals surface area contributed by atoms with E-state index in [0.717, 1.165) is 0 Å². The van der Waals surface area contributed by atoms with Crippen LogP contribution in [-0.2, 0) is 14.3 Å². The maximum absolute atomic E-state index is 12.2. The Morgan fingerprint density at radius 3 is 2.83 bits per heavy atom. The van der Waals surface area contributed by atoms with Crippen LogP contribution >= 0.6 is 11.8 Å². The molecule has 0 radical (unpaired) electrons. The highest BCUT2D eigenvalue weighted by atomic mass is 32.2. The van der Waals surface area contributed by atoms with Crippen molar-refractivity contribution in [1.29, 1.82) is 0 Å². The number of aryl methyl sites for hydroxylation is 1. The molecule has 0 unspecified atom stereocenters. The van der Waals surface area contributed by atoms with Gasteiger partial charge < -0.3 is 14.5 Å². The molecule has 0 aliphatic carbocycles. The number of methoxy groups -OCH3 is 1. The number of hydrogen-bond acceptors (Lipinski definition) is 4. The number of benzene rings is 1. The zero-order chi connectivity index (χ0) is 16.8. The molecule has 2 rings (SSSR count). The van der Waals surface area contributed by atoms with E-state index in [9.17, 15) is 9.59 Å². The number of nitrogens with zero attached hydrogens (tertiary/aromatic N) is 2. The third kappa shape index (κ3) is 4.26. The van der Waals surface area contributed by atoms with Crippen molar-refractivity contribution in [3.05, 3.63) is 35.4 Å². The van der Waals surface area contributed by atoms with Gasteiger partial charge in [0.2, 0.25) is 11.8 Å². The van der Waals surface area contributed by atoms with Crippen LogP contribution in [0.25, 0.3) is 0 Å². The molecule has 1 fully saturated rings. The molecular formula is C17H24N2O3S. The zero-order valence-electron chi connectivity index (χ0n) is 13.9. The Kier molecular flexibility index (Phi) is 6.47. The highest BCUT2D eigenvalue weighted by molar-refractivity contribution is 8.00. The van der Waals surface area contributed by atoms with Crippen molar-refractivity contribution in [1.82, 2.24) is 9.80 Å². The third-order valence-corrected chi connectivity index (χ3v) is 5.27. The van der Waals surface area contributed by atoms with Gasteiger partial charge in [0, 0.05) is 26.7 Å². The van der Waals surface area contributed by atoms with Crippen molar-refractivity contribution in [3.63, 3.8) is 0 Å². The van der Waals surface area contributed by atoms with Gasteiger partial charge in [-0.3, -0.25) is 9.59 Å². The van der Waals surface area contributed by atoms with Crippen LogP contribution in [0.2, 0.25) is 0 Å². The van der Waals surface area contributed by atoms with Gasteiger partial charge in [0.15, 0.2) is 0 Å². The predicted octanol–water partition coefficient (Wildman–Crippen LogP) is 2.06. The quantitative estimate of drug-likeness (QED) is 0.765. The lowest BCUT2D eigenvalue weighted by atomic mass is 10.1. The van der Waals surface area contributed by atoms with Crippen LogP contribution in [-0.4, -0.2) is 60.7 Å². The summed E-state index contributed by atoms with van der Waals surface area (Å²) in [5, 5.41) is 0.0416. The van der Waals surface area contributed by atoms with E-state index in [-0.39, 0.29) is 23.8 Å². The number of thioether (sulfide) groups is 1. The molecule has 0 aromatic heterocycles. The van der Waals surface area contributed by atoms with Gasteiger partial charge in [-0.05, 0) is 25.0 Å². The van der Waals surface area contributed by atoms with Gasteiger partial charge in [-0.1, -0.05) is 24.3 Å². The molecule has 2 amide bonds. The average Bonchev–Trinajstić information content (AvgIpc) is 2.90. The largest absolute Gasteiger partial charge is 0.375 e. The SMILES string of the molecule is CCN(CCN1C(=O)CS[C@H]1c1ccccc1C)C(=O)COC. The van der Waals surface area contributed by atoms with Crippen LogP contribution < -0.4 is 0 Å². The van der Waals surface area contributed by atoms with Crippen molar-refractivity contribution < 1.29 is 14.3 Å². The number of carbonyl (C=O) groups is 2. The minimum atomic E-state index is -0.0401. The Morgan fingerprint density at radius 2 is 2.17 bits per heavy atom. The highest BCUT2D eigenvalue weighted by Gasteiger charge is 2.33. The molecule has 1 saturated heterocycles. The van der Waals surface area contributed by atoms with Crippen LogP contribution in [0.15, 0.2) is 24.3 Å². The molecule has 126 valence electrons. The molecular weight excluding hydrogens is 312 g/mol. The summed E-state index contributed by atoms with van der Waals surface area (Å²) < 4.78 is 4.91. The summed E-state index contributed by atoms with van der Waals surface area (Å²) in [5.74, 6) is 0.595. The topological polar surface area (TPSA) is 49.9 Å². The van der Waals surface area contributed by atoms with E-state index in [0.29, 0.717) is 25.4 Å². The van der Waals surface area contributed by atoms with E-state index < -0.39 is 0 Å². The minimum absolute atomic E-state index is 0.0401. The summed E-state index contributed by atoms with van der Waals surface area (Å²) in [5.41, 5.74) is 2.36. The summed E-state index contributed by atoms with van der Waals surface area (Å²) >= 11 is 1.65. The summed E-state index contributed by atoms with van der Waals surface area (Å²) in [6.45, 7) is 5.79. The van der Waals surface area contributed by atoms with Gasteiger partial charge in [0.1, 0.15) is 12.0 Å². The third-order valence-electron chi connectivity index (χ3n) is 4.04. The van der Waals surface area contributed by atoms with Crippen LogP contribution in [0, 0.1) is 6.92 Å². The monoisotopic (exact) mass is 336 g/mol. The molecule has 1 heterocycles. The van der Waals surface area contributed by atoms with Gasteiger partial charge in [-0.25, -0.2) is 0 Å². The number of carbonyl (C=O) groups excluding carboxylic acids is 2. The molecule has 1 aliphatic heterocycles. The van der Waals surface area contributed by atoms with Crippen molar-refractivity contribution in [3.8, 4) is 0 Å². The second-order valence-corrected chi connectivity index (χ2v) is 6.58. The maximum Gasteiger partial charge on any atom is 0.248 e. The highest BCUT2D eigenvalue weighted by Crippen LogP contribution is 2.39.